The van der Waals surface area contributed by atoms with Crippen LogP contribution in [0.25, 0.3) is 0 Å². The van der Waals surface area contributed by atoms with Crippen molar-refractivity contribution in [3.63, 3.8) is 0 Å². The summed E-state index contributed by atoms with van der Waals surface area (Å²) in [5.41, 5.74) is 1.04. The summed E-state index contributed by atoms with van der Waals surface area (Å²) in [6.07, 6.45) is 5.95. The maximum absolute atomic E-state index is 11.9. The minimum absolute atomic E-state index is 0.0305. The van der Waals surface area contributed by atoms with Crippen LogP contribution in [-0.2, 0) is 22.5 Å². The molecule has 4 aliphatic rings. The van der Waals surface area contributed by atoms with Crippen molar-refractivity contribution in [2.24, 2.45) is 11.3 Å². The number of fused-ring (bicyclic) bond motifs is 4. The number of aliphatic hydroxyl groups is 2. The summed E-state index contributed by atoms with van der Waals surface area (Å²) in [6.45, 7) is 12.3. The zero-order valence-corrected chi connectivity index (χ0v) is 20.1. The Balaban J connectivity index is 1.65. The summed E-state index contributed by atoms with van der Waals surface area (Å²) in [4.78, 5) is 0. The first kappa shape index (κ1) is 22.0. The molecule has 2 fully saturated rings. The predicted octanol–water partition coefficient (Wildman–Crippen LogP) is 4.47. The van der Waals surface area contributed by atoms with Crippen molar-refractivity contribution in [1.82, 2.24) is 0 Å². The molecule has 3 aliphatic carbocycles. The van der Waals surface area contributed by atoms with E-state index in [2.05, 4.69) is 13.0 Å². The summed E-state index contributed by atoms with van der Waals surface area (Å²) in [5, 5.41) is 21.0. The predicted molar refractivity (Wildman–Crippen MR) is 118 cm³/mol. The van der Waals surface area contributed by atoms with E-state index in [-0.39, 0.29) is 30.0 Å². The number of ether oxygens (including phenoxy) is 2. The molecule has 1 saturated carbocycles. The second-order valence-electron chi connectivity index (χ2n) is 11.5. The highest BCUT2D eigenvalue weighted by Gasteiger charge is 2.78. The molecule has 2 N–H and O–H groups in total. The second kappa shape index (κ2) is 6.60. The van der Waals surface area contributed by atoms with Crippen LogP contribution in [0.2, 0.25) is 0 Å². The first-order valence-electron chi connectivity index (χ1n) is 11.5. The van der Waals surface area contributed by atoms with E-state index in [1.54, 1.807) is 0 Å². The Kier molecular flexibility index (Phi) is 4.68. The Bertz CT molecular complexity index is 929. The molecule has 31 heavy (non-hydrogen) atoms. The minimum Gasteiger partial charge on any atom is -0.466 e. The van der Waals surface area contributed by atoms with E-state index in [1.807, 2.05) is 40.9 Å². The molecule has 2 heterocycles. The second-order valence-corrected chi connectivity index (χ2v) is 12.0. The fourth-order valence-corrected chi connectivity index (χ4v) is 7.19. The fourth-order valence-electron chi connectivity index (χ4n) is 6.70. The van der Waals surface area contributed by atoms with Gasteiger partial charge in [0.05, 0.1) is 23.3 Å². The lowest BCUT2D eigenvalue weighted by Gasteiger charge is -2.56. The number of hydrogen-bond donors (Lipinski definition) is 2. The number of hydrogen-bond acceptors (Lipinski definition) is 5. The van der Waals surface area contributed by atoms with Crippen LogP contribution in [0.15, 0.2) is 22.3 Å². The topological polar surface area (TPSA) is 75.4 Å². The van der Waals surface area contributed by atoms with Gasteiger partial charge in [-0.05, 0) is 74.0 Å². The molecule has 0 amide bonds. The smallest absolute Gasteiger partial charge is 0.145 e. The summed E-state index contributed by atoms with van der Waals surface area (Å²) in [5.74, 6) is 0.821. The van der Waals surface area contributed by atoms with E-state index in [0.717, 1.165) is 24.8 Å². The number of furan rings is 1. The first-order chi connectivity index (χ1) is 14.4. The monoisotopic (exact) mass is 450 g/mol. The lowest BCUT2D eigenvalue weighted by Crippen LogP contribution is -2.67. The fraction of sp³-hybridized carbons (Fsp3) is 0.760. The maximum Gasteiger partial charge on any atom is 0.145 e. The molecule has 7 atom stereocenters. The zero-order valence-electron chi connectivity index (χ0n) is 19.4. The molecule has 6 heteroatoms. The number of rotatable bonds is 3. The average molecular weight is 451 g/mol. The number of halogens is 1. The summed E-state index contributed by atoms with van der Waals surface area (Å²) < 4.78 is 18.9. The lowest BCUT2D eigenvalue weighted by atomic mass is 9.50. The van der Waals surface area contributed by atoms with Crippen molar-refractivity contribution >= 4 is 11.6 Å². The summed E-state index contributed by atoms with van der Waals surface area (Å²) >= 11 is 6.95. The van der Waals surface area contributed by atoms with Gasteiger partial charge >= 0.3 is 0 Å². The molecular formula is C25H35ClO5. The zero-order chi connectivity index (χ0) is 22.6. The molecule has 1 aliphatic heterocycles. The first-order valence-corrected chi connectivity index (χ1v) is 12.0. The molecule has 5 nitrogen and oxygen atoms in total. The third-order valence-corrected chi connectivity index (χ3v) is 8.88. The van der Waals surface area contributed by atoms with Crippen molar-refractivity contribution in [2.45, 2.75) is 108 Å². The van der Waals surface area contributed by atoms with E-state index in [9.17, 15) is 10.2 Å². The molecule has 0 aromatic carbocycles. The molecule has 1 spiro atoms. The highest BCUT2D eigenvalue weighted by molar-refractivity contribution is 6.23. The van der Waals surface area contributed by atoms with Gasteiger partial charge in [0.25, 0.3) is 0 Å². The highest BCUT2D eigenvalue weighted by atomic mass is 35.5. The van der Waals surface area contributed by atoms with Crippen LogP contribution in [0.3, 0.4) is 0 Å². The van der Waals surface area contributed by atoms with E-state index < -0.39 is 28.3 Å². The van der Waals surface area contributed by atoms with Crippen molar-refractivity contribution < 1.29 is 24.1 Å². The average Bonchev–Trinajstić information content (AvgIpc) is 3.24. The number of alkyl halides is 1. The van der Waals surface area contributed by atoms with Crippen molar-refractivity contribution in [3.8, 4) is 0 Å². The van der Waals surface area contributed by atoms with Gasteiger partial charge in [0, 0.05) is 0 Å². The Labute approximate surface area is 189 Å². The Morgan fingerprint density at radius 1 is 1.32 bits per heavy atom. The quantitative estimate of drug-likeness (QED) is 0.403. The molecule has 172 valence electrons. The van der Waals surface area contributed by atoms with Gasteiger partial charge in [-0.25, -0.2) is 0 Å². The van der Waals surface area contributed by atoms with Gasteiger partial charge in [-0.2, -0.15) is 0 Å². The van der Waals surface area contributed by atoms with Crippen LogP contribution >= 0.6 is 11.6 Å². The van der Waals surface area contributed by atoms with Gasteiger partial charge in [0.1, 0.15) is 29.7 Å². The van der Waals surface area contributed by atoms with Gasteiger partial charge < -0.3 is 24.1 Å². The van der Waals surface area contributed by atoms with Crippen molar-refractivity contribution in [1.29, 1.82) is 0 Å². The van der Waals surface area contributed by atoms with Crippen LogP contribution in [0, 0.1) is 11.3 Å². The normalized spacial score (nSPS) is 43.6. The highest BCUT2D eigenvalue weighted by Crippen LogP contribution is 2.71. The molecule has 1 saturated heterocycles. The van der Waals surface area contributed by atoms with Crippen LogP contribution in [0.4, 0.5) is 0 Å². The largest absolute Gasteiger partial charge is 0.466 e. The molecule has 0 bridgehead atoms. The minimum atomic E-state index is -1.23. The number of aliphatic hydroxyl groups excluding tert-OH is 1. The van der Waals surface area contributed by atoms with E-state index in [4.69, 9.17) is 25.5 Å². The summed E-state index contributed by atoms with van der Waals surface area (Å²) in [6, 6.07) is 0. The van der Waals surface area contributed by atoms with Crippen molar-refractivity contribution in [2.75, 3.05) is 0 Å². The molecule has 5 rings (SSSR count). The van der Waals surface area contributed by atoms with Gasteiger partial charge in [-0.1, -0.05) is 26.8 Å². The van der Waals surface area contributed by atoms with Gasteiger partial charge in [0.15, 0.2) is 0 Å². The van der Waals surface area contributed by atoms with Crippen LogP contribution in [0.5, 0.6) is 0 Å². The van der Waals surface area contributed by atoms with Crippen LogP contribution < -0.4 is 0 Å². The van der Waals surface area contributed by atoms with Gasteiger partial charge in [-0.15, -0.1) is 11.6 Å². The maximum atomic E-state index is 11.9. The molecule has 1 aromatic rings. The Morgan fingerprint density at radius 2 is 2.03 bits per heavy atom. The lowest BCUT2D eigenvalue weighted by molar-refractivity contribution is -0.200. The SMILES string of the molecule is CC(C)[C@]1(O)[C@H](Cl)C=C2[C@]3(O[C@H]3C[C@H]3c4coc(CO)c4CC[C@]23C)[C@@H]1OC(C)(C)C. The molecular weight excluding hydrogens is 416 g/mol. The third kappa shape index (κ3) is 2.77. The Morgan fingerprint density at radius 3 is 2.65 bits per heavy atom. The van der Waals surface area contributed by atoms with E-state index in [1.165, 1.54) is 11.1 Å². The summed E-state index contributed by atoms with van der Waals surface area (Å²) in [7, 11) is 0. The molecule has 1 aromatic heterocycles. The standard InChI is InChI=1S/C25H35ClO5/c1-13(2)24(28)19(26)10-18-23(6)8-7-14-15(12-29-17(14)11-27)16(23)9-20-25(18,30-20)21(24)31-22(3,4)5/h10,12-13,16,19-21,27-28H,7-9,11H2,1-6H3/t16-,19+,20-,21+,23-,24-,25+/m0/s1. The van der Waals surface area contributed by atoms with Crippen molar-refractivity contribution in [3.05, 3.63) is 34.8 Å². The van der Waals surface area contributed by atoms with Crippen LogP contribution in [-0.4, -0.2) is 44.6 Å². The van der Waals surface area contributed by atoms with E-state index in [0.29, 0.717) is 5.76 Å². The van der Waals surface area contributed by atoms with Gasteiger partial charge in [-0.3, -0.25) is 0 Å². The van der Waals surface area contributed by atoms with Gasteiger partial charge in [0.2, 0.25) is 0 Å². The molecule has 0 unspecified atom stereocenters. The Hall–Kier alpha value is -0.850. The molecule has 0 radical (unpaired) electrons. The van der Waals surface area contributed by atoms with Crippen LogP contribution in [0.1, 0.15) is 77.2 Å². The number of epoxide rings is 1. The third-order valence-electron chi connectivity index (χ3n) is 8.40. The van der Waals surface area contributed by atoms with E-state index >= 15 is 0 Å².